The Morgan fingerprint density at radius 2 is 2.30 bits per heavy atom. The van der Waals surface area contributed by atoms with Gasteiger partial charge in [-0.05, 0) is 32.9 Å². The van der Waals surface area contributed by atoms with Gasteiger partial charge in [-0.2, -0.15) is 11.8 Å². The molecule has 0 bridgehead atoms. The highest BCUT2D eigenvalue weighted by atomic mass is 32.2. The zero-order valence-corrected chi connectivity index (χ0v) is 13.5. The maximum Gasteiger partial charge on any atom is 0.122 e. The van der Waals surface area contributed by atoms with E-state index in [1.807, 2.05) is 17.8 Å². The summed E-state index contributed by atoms with van der Waals surface area (Å²) in [7, 11) is 0. The number of thioether (sulfide) groups is 1. The van der Waals surface area contributed by atoms with E-state index in [0.29, 0.717) is 11.8 Å². The standard InChI is InChI=1S/C16H26N2OS/c1-4-7-17-13(3)15-6-5-14(10-16(15)19)18-8-9-20-11-12(18)2/h5-6,10,12-13,17,19H,4,7-9,11H2,1-3H3. The van der Waals surface area contributed by atoms with Crippen LogP contribution >= 0.6 is 11.8 Å². The number of hydrogen-bond acceptors (Lipinski definition) is 4. The molecular formula is C16H26N2OS. The molecule has 0 radical (unpaired) electrons. The lowest BCUT2D eigenvalue weighted by atomic mass is 10.1. The summed E-state index contributed by atoms with van der Waals surface area (Å²) in [5.41, 5.74) is 2.13. The van der Waals surface area contributed by atoms with E-state index in [-0.39, 0.29) is 6.04 Å². The molecule has 0 amide bonds. The van der Waals surface area contributed by atoms with Crippen LogP contribution in [0.2, 0.25) is 0 Å². The number of rotatable bonds is 5. The molecule has 1 aromatic rings. The van der Waals surface area contributed by atoms with Gasteiger partial charge in [-0.3, -0.25) is 0 Å². The van der Waals surface area contributed by atoms with Gasteiger partial charge in [0, 0.05) is 47.5 Å². The normalized spacial score (nSPS) is 20.9. The van der Waals surface area contributed by atoms with Crippen LogP contribution in [0.1, 0.15) is 38.8 Å². The van der Waals surface area contributed by atoms with Crippen molar-refractivity contribution in [1.82, 2.24) is 5.32 Å². The predicted octanol–water partition coefficient (Wildman–Crippen LogP) is 3.39. The first-order chi connectivity index (χ1) is 9.63. The summed E-state index contributed by atoms with van der Waals surface area (Å²) in [6.07, 6.45) is 1.10. The van der Waals surface area contributed by atoms with Crippen molar-refractivity contribution < 1.29 is 5.11 Å². The minimum absolute atomic E-state index is 0.193. The van der Waals surface area contributed by atoms with E-state index in [1.165, 1.54) is 5.75 Å². The third kappa shape index (κ3) is 3.61. The Labute approximate surface area is 126 Å². The monoisotopic (exact) mass is 294 g/mol. The van der Waals surface area contributed by atoms with E-state index in [2.05, 4.69) is 43.1 Å². The molecule has 112 valence electrons. The molecule has 4 heteroatoms. The second-order valence-corrected chi connectivity index (χ2v) is 6.69. The summed E-state index contributed by atoms with van der Waals surface area (Å²) in [5, 5.41) is 13.7. The van der Waals surface area contributed by atoms with Crippen molar-refractivity contribution in [2.75, 3.05) is 29.5 Å². The van der Waals surface area contributed by atoms with Gasteiger partial charge in [0.25, 0.3) is 0 Å². The number of nitrogens with zero attached hydrogens (tertiary/aromatic N) is 1. The van der Waals surface area contributed by atoms with E-state index in [0.717, 1.165) is 36.5 Å². The second kappa shape index (κ2) is 7.23. The molecule has 2 N–H and O–H groups in total. The Morgan fingerprint density at radius 3 is 2.95 bits per heavy atom. The highest BCUT2D eigenvalue weighted by Gasteiger charge is 2.20. The molecular weight excluding hydrogens is 268 g/mol. The first-order valence-electron chi connectivity index (χ1n) is 7.54. The van der Waals surface area contributed by atoms with Crippen molar-refractivity contribution in [3.05, 3.63) is 23.8 Å². The fourth-order valence-corrected chi connectivity index (χ4v) is 3.67. The molecule has 20 heavy (non-hydrogen) atoms. The first kappa shape index (κ1) is 15.5. The van der Waals surface area contributed by atoms with E-state index in [9.17, 15) is 5.11 Å². The fraction of sp³-hybridized carbons (Fsp3) is 0.625. The van der Waals surface area contributed by atoms with E-state index >= 15 is 0 Å². The van der Waals surface area contributed by atoms with Crippen LogP contribution in [0.25, 0.3) is 0 Å². The topological polar surface area (TPSA) is 35.5 Å². The molecule has 1 heterocycles. The summed E-state index contributed by atoms with van der Waals surface area (Å²) in [6.45, 7) is 8.54. The fourth-order valence-electron chi connectivity index (χ4n) is 2.66. The zero-order chi connectivity index (χ0) is 14.5. The minimum Gasteiger partial charge on any atom is -0.508 e. The third-order valence-electron chi connectivity index (χ3n) is 3.88. The molecule has 1 aliphatic heterocycles. The molecule has 0 aliphatic carbocycles. The Morgan fingerprint density at radius 1 is 1.50 bits per heavy atom. The average molecular weight is 294 g/mol. The number of aromatic hydroxyl groups is 1. The number of benzene rings is 1. The van der Waals surface area contributed by atoms with Crippen LogP contribution in [0.4, 0.5) is 5.69 Å². The van der Waals surface area contributed by atoms with Crippen molar-refractivity contribution >= 4 is 17.4 Å². The lowest BCUT2D eigenvalue weighted by molar-refractivity contribution is 0.452. The van der Waals surface area contributed by atoms with Crippen molar-refractivity contribution in [1.29, 1.82) is 0 Å². The Hall–Kier alpha value is -0.870. The van der Waals surface area contributed by atoms with Gasteiger partial charge in [0.2, 0.25) is 0 Å². The van der Waals surface area contributed by atoms with Gasteiger partial charge in [0.05, 0.1) is 0 Å². The molecule has 0 aromatic heterocycles. The molecule has 0 spiro atoms. The maximum absolute atomic E-state index is 10.3. The van der Waals surface area contributed by atoms with Gasteiger partial charge in [0.1, 0.15) is 5.75 Å². The lowest BCUT2D eigenvalue weighted by Gasteiger charge is -2.35. The zero-order valence-electron chi connectivity index (χ0n) is 12.7. The van der Waals surface area contributed by atoms with E-state index in [1.54, 1.807) is 0 Å². The smallest absolute Gasteiger partial charge is 0.122 e. The van der Waals surface area contributed by atoms with Gasteiger partial charge in [0.15, 0.2) is 0 Å². The number of nitrogens with one attached hydrogen (secondary N) is 1. The van der Waals surface area contributed by atoms with Crippen LogP contribution in [0, 0.1) is 0 Å². The van der Waals surface area contributed by atoms with Gasteiger partial charge < -0.3 is 15.3 Å². The van der Waals surface area contributed by atoms with Crippen LogP contribution in [0.15, 0.2) is 18.2 Å². The molecule has 3 nitrogen and oxygen atoms in total. The van der Waals surface area contributed by atoms with Crippen LogP contribution in [-0.2, 0) is 0 Å². The molecule has 1 saturated heterocycles. The SMILES string of the molecule is CCCNC(C)c1ccc(N2CCSCC2C)cc1O. The number of hydrogen-bond donors (Lipinski definition) is 2. The van der Waals surface area contributed by atoms with Crippen molar-refractivity contribution in [2.24, 2.45) is 0 Å². The molecule has 2 rings (SSSR count). The molecule has 2 atom stereocenters. The van der Waals surface area contributed by atoms with Crippen LogP contribution in [-0.4, -0.2) is 35.7 Å². The summed E-state index contributed by atoms with van der Waals surface area (Å²) in [4.78, 5) is 2.39. The number of anilines is 1. The Bertz CT molecular complexity index is 438. The molecule has 1 fully saturated rings. The summed E-state index contributed by atoms with van der Waals surface area (Å²) < 4.78 is 0. The van der Waals surface area contributed by atoms with Crippen molar-refractivity contribution in [2.45, 2.75) is 39.3 Å². The van der Waals surface area contributed by atoms with Crippen LogP contribution < -0.4 is 10.2 Å². The number of phenolic OH excluding ortho intramolecular Hbond substituents is 1. The second-order valence-electron chi connectivity index (χ2n) is 5.54. The molecule has 1 aromatic carbocycles. The molecule has 1 aliphatic rings. The lowest BCUT2D eigenvalue weighted by Crippen LogP contribution is -2.40. The van der Waals surface area contributed by atoms with E-state index < -0.39 is 0 Å². The molecule has 2 unspecified atom stereocenters. The summed E-state index contributed by atoms with van der Waals surface area (Å²) >= 11 is 2.01. The van der Waals surface area contributed by atoms with Crippen molar-refractivity contribution in [3.63, 3.8) is 0 Å². The third-order valence-corrected chi connectivity index (χ3v) is 5.07. The molecule has 0 saturated carbocycles. The largest absolute Gasteiger partial charge is 0.508 e. The Kier molecular flexibility index (Phi) is 5.61. The summed E-state index contributed by atoms with van der Waals surface area (Å²) in [5.74, 6) is 2.74. The highest BCUT2D eigenvalue weighted by Crippen LogP contribution is 2.31. The summed E-state index contributed by atoms with van der Waals surface area (Å²) in [6, 6.07) is 6.86. The average Bonchev–Trinajstić information content (AvgIpc) is 2.45. The van der Waals surface area contributed by atoms with Crippen LogP contribution in [0.5, 0.6) is 5.75 Å². The van der Waals surface area contributed by atoms with Gasteiger partial charge in [-0.15, -0.1) is 0 Å². The van der Waals surface area contributed by atoms with E-state index in [4.69, 9.17) is 0 Å². The Balaban J connectivity index is 2.12. The first-order valence-corrected chi connectivity index (χ1v) is 8.69. The van der Waals surface area contributed by atoms with Gasteiger partial charge >= 0.3 is 0 Å². The quantitative estimate of drug-likeness (QED) is 0.872. The minimum atomic E-state index is 0.193. The highest BCUT2D eigenvalue weighted by molar-refractivity contribution is 7.99. The van der Waals surface area contributed by atoms with Crippen LogP contribution in [0.3, 0.4) is 0 Å². The van der Waals surface area contributed by atoms with Crippen molar-refractivity contribution in [3.8, 4) is 5.75 Å². The number of phenols is 1. The van der Waals surface area contributed by atoms with Gasteiger partial charge in [-0.25, -0.2) is 0 Å². The predicted molar refractivity (Wildman–Crippen MR) is 88.9 cm³/mol. The maximum atomic E-state index is 10.3. The van der Waals surface area contributed by atoms with Gasteiger partial charge in [-0.1, -0.05) is 13.0 Å².